The topological polar surface area (TPSA) is 41.1 Å². The van der Waals surface area contributed by atoms with E-state index in [0.29, 0.717) is 15.7 Å². The number of benzene rings is 2. The molecule has 0 bridgehead atoms. The number of anilines is 2. The number of carbonyl (C=O) groups is 1. The number of amides is 1. The third-order valence-electron chi connectivity index (χ3n) is 2.87. The number of rotatable bonds is 3. The molecule has 0 spiro atoms. The Balaban J connectivity index is 2.28. The van der Waals surface area contributed by atoms with Gasteiger partial charge in [0.1, 0.15) is 5.82 Å². The lowest BCUT2D eigenvalue weighted by Gasteiger charge is -2.11. The summed E-state index contributed by atoms with van der Waals surface area (Å²) in [6.07, 6.45) is 0. The van der Waals surface area contributed by atoms with E-state index >= 15 is 0 Å². The minimum absolute atomic E-state index is 0.154. The average Bonchev–Trinajstić information content (AvgIpc) is 2.41. The summed E-state index contributed by atoms with van der Waals surface area (Å²) in [6, 6.07) is 9.93. The van der Waals surface area contributed by atoms with E-state index in [0.717, 1.165) is 5.56 Å². The first kappa shape index (κ1) is 14.5. The van der Waals surface area contributed by atoms with Crippen molar-refractivity contribution >= 4 is 33.2 Å². The van der Waals surface area contributed by atoms with E-state index in [1.54, 1.807) is 19.2 Å². The van der Waals surface area contributed by atoms with Crippen molar-refractivity contribution in [3.63, 3.8) is 0 Å². The van der Waals surface area contributed by atoms with Crippen LogP contribution in [0.3, 0.4) is 0 Å². The number of hydrogen-bond donors (Lipinski definition) is 2. The predicted molar refractivity (Wildman–Crippen MR) is 82.8 cm³/mol. The van der Waals surface area contributed by atoms with E-state index in [2.05, 4.69) is 26.6 Å². The lowest BCUT2D eigenvalue weighted by atomic mass is 10.1. The first-order valence-corrected chi connectivity index (χ1v) is 6.85. The van der Waals surface area contributed by atoms with Gasteiger partial charge in [0.2, 0.25) is 0 Å². The number of hydrogen-bond acceptors (Lipinski definition) is 2. The van der Waals surface area contributed by atoms with Crippen LogP contribution in [0.2, 0.25) is 0 Å². The van der Waals surface area contributed by atoms with Crippen LogP contribution in [-0.2, 0) is 0 Å². The number of nitrogens with one attached hydrogen (secondary N) is 2. The smallest absolute Gasteiger partial charge is 0.257 e. The SMILES string of the molecule is CNc1cc(C)ccc1C(=O)Nc1ccc(Br)cc1F. The Labute approximate surface area is 125 Å². The summed E-state index contributed by atoms with van der Waals surface area (Å²) in [5.74, 6) is -0.832. The maximum absolute atomic E-state index is 13.7. The molecule has 5 heteroatoms. The molecule has 0 fully saturated rings. The third kappa shape index (κ3) is 3.17. The van der Waals surface area contributed by atoms with Gasteiger partial charge in [-0.15, -0.1) is 0 Å². The van der Waals surface area contributed by atoms with Gasteiger partial charge in [0.25, 0.3) is 5.91 Å². The van der Waals surface area contributed by atoms with Crippen LogP contribution in [0, 0.1) is 12.7 Å². The van der Waals surface area contributed by atoms with E-state index in [9.17, 15) is 9.18 Å². The van der Waals surface area contributed by atoms with E-state index in [4.69, 9.17) is 0 Å². The highest BCUT2D eigenvalue weighted by Crippen LogP contribution is 2.22. The van der Waals surface area contributed by atoms with Crippen LogP contribution in [0.4, 0.5) is 15.8 Å². The number of carbonyl (C=O) groups excluding carboxylic acids is 1. The fourth-order valence-electron chi connectivity index (χ4n) is 1.84. The summed E-state index contributed by atoms with van der Waals surface area (Å²) in [4.78, 5) is 12.2. The highest BCUT2D eigenvalue weighted by Gasteiger charge is 2.13. The van der Waals surface area contributed by atoms with Gasteiger partial charge in [-0.3, -0.25) is 4.79 Å². The van der Waals surface area contributed by atoms with Gasteiger partial charge in [-0.1, -0.05) is 22.0 Å². The second-order valence-electron chi connectivity index (χ2n) is 4.38. The Morgan fingerprint density at radius 2 is 1.90 bits per heavy atom. The first-order valence-electron chi connectivity index (χ1n) is 6.06. The minimum atomic E-state index is -0.481. The predicted octanol–water partition coefficient (Wildman–Crippen LogP) is 4.19. The lowest BCUT2D eigenvalue weighted by Crippen LogP contribution is -2.15. The quantitative estimate of drug-likeness (QED) is 0.882. The molecule has 0 atom stereocenters. The second-order valence-corrected chi connectivity index (χ2v) is 5.29. The van der Waals surface area contributed by atoms with Crippen molar-refractivity contribution in [1.82, 2.24) is 0 Å². The van der Waals surface area contributed by atoms with Crippen LogP contribution in [0.5, 0.6) is 0 Å². The third-order valence-corrected chi connectivity index (χ3v) is 3.36. The molecule has 0 aromatic heterocycles. The van der Waals surface area contributed by atoms with Gasteiger partial charge in [-0.2, -0.15) is 0 Å². The molecule has 104 valence electrons. The summed E-state index contributed by atoms with van der Waals surface area (Å²) in [6.45, 7) is 1.94. The summed E-state index contributed by atoms with van der Waals surface area (Å²) < 4.78 is 14.3. The Kier molecular flexibility index (Phi) is 4.39. The van der Waals surface area contributed by atoms with Crippen molar-refractivity contribution in [3.8, 4) is 0 Å². The normalized spacial score (nSPS) is 10.2. The molecular formula is C15H14BrFN2O. The van der Waals surface area contributed by atoms with Gasteiger partial charge in [0.15, 0.2) is 0 Å². The molecule has 2 aromatic rings. The molecule has 0 heterocycles. The van der Waals surface area contributed by atoms with Crippen molar-refractivity contribution in [1.29, 1.82) is 0 Å². The number of halogens is 2. The van der Waals surface area contributed by atoms with E-state index in [1.165, 1.54) is 12.1 Å². The van der Waals surface area contributed by atoms with Crippen LogP contribution in [0.15, 0.2) is 40.9 Å². The zero-order valence-electron chi connectivity index (χ0n) is 11.1. The average molecular weight is 337 g/mol. The summed E-state index contributed by atoms with van der Waals surface area (Å²) in [5.41, 5.74) is 2.38. The fourth-order valence-corrected chi connectivity index (χ4v) is 2.18. The van der Waals surface area contributed by atoms with E-state index < -0.39 is 5.82 Å². The van der Waals surface area contributed by atoms with Crippen LogP contribution in [0.25, 0.3) is 0 Å². The molecule has 0 aliphatic rings. The zero-order chi connectivity index (χ0) is 14.7. The Morgan fingerprint density at radius 1 is 1.15 bits per heavy atom. The Bertz CT molecular complexity index is 658. The highest BCUT2D eigenvalue weighted by molar-refractivity contribution is 9.10. The molecular weight excluding hydrogens is 323 g/mol. The minimum Gasteiger partial charge on any atom is -0.387 e. The molecule has 0 aliphatic heterocycles. The van der Waals surface area contributed by atoms with Crippen molar-refractivity contribution in [3.05, 3.63) is 57.8 Å². The Morgan fingerprint density at radius 3 is 2.55 bits per heavy atom. The molecule has 2 aromatic carbocycles. The van der Waals surface area contributed by atoms with Crippen molar-refractivity contribution < 1.29 is 9.18 Å². The molecule has 2 rings (SSSR count). The van der Waals surface area contributed by atoms with Gasteiger partial charge in [0.05, 0.1) is 11.3 Å². The molecule has 1 amide bonds. The summed E-state index contributed by atoms with van der Waals surface area (Å²) in [7, 11) is 1.74. The van der Waals surface area contributed by atoms with Crippen LogP contribution >= 0.6 is 15.9 Å². The van der Waals surface area contributed by atoms with Crippen molar-refractivity contribution in [2.24, 2.45) is 0 Å². The van der Waals surface area contributed by atoms with Gasteiger partial charge in [-0.25, -0.2) is 4.39 Å². The van der Waals surface area contributed by atoms with Gasteiger partial charge in [-0.05, 0) is 42.8 Å². The molecule has 0 saturated heterocycles. The van der Waals surface area contributed by atoms with Gasteiger partial charge < -0.3 is 10.6 Å². The molecule has 20 heavy (non-hydrogen) atoms. The van der Waals surface area contributed by atoms with E-state index in [1.807, 2.05) is 19.1 Å². The highest BCUT2D eigenvalue weighted by atomic mass is 79.9. The second kappa shape index (κ2) is 6.05. The fraction of sp³-hybridized carbons (Fsp3) is 0.133. The Hall–Kier alpha value is -1.88. The molecule has 0 unspecified atom stereocenters. The van der Waals surface area contributed by atoms with E-state index in [-0.39, 0.29) is 11.6 Å². The molecule has 0 saturated carbocycles. The maximum Gasteiger partial charge on any atom is 0.257 e. The maximum atomic E-state index is 13.7. The molecule has 3 nitrogen and oxygen atoms in total. The van der Waals surface area contributed by atoms with Gasteiger partial charge in [0, 0.05) is 17.2 Å². The van der Waals surface area contributed by atoms with Crippen LogP contribution < -0.4 is 10.6 Å². The van der Waals surface area contributed by atoms with Crippen LogP contribution in [0.1, 0.15) is 15.9 Å². The summed E-state index contributed by atoms with van der Waals surface area (Å²) >= 11 is 3.18. The van der Waals surface area contributed by atoms with Crippen molar-refractivity contribution in [2.45, 2.75) is 6.92 Å². The molecule has 2 N–H and O–H groups in total. The zero-order valence-corrected chi connectivity index (χ0v) is 12.7. The molecule has 0 aliphatic carbocycles. The van der Waals surface area contributed by atoms with Gasteiger partial charge >= 0.3 is 0 Å². The largest absolute Gasteiger partial charge is 0.387 e. The van der Waals surface area contributed by atoms with Crippen molar-refractivity contribution in [2.75, 3.05) is 17.7 Å². The standard InChI is InChI=1S/C15H14BrFN2O/c1-9-3-5-11(14(7-9)18-2)15(20)19-13-6-4-10(16)8-12(13)17/h3-8,18H,1-2H3,(H,19,20). The first-order chi connectivity index (χ1) is 9.51. The molecule has 0 radical (unpaired) electrons. The number of aryl methyl sites for hydroxylation is 1. The van der Waals surface area contributed by atoms with Crippen LogP contribution in [-0.4, -0.2) is 13.0 Å². The summed E-state index contributed by atoms with van der Waals surface area (Å²) in [5, 5.41) is 5.54. The monoisotopic (exact) mass is 336 g/mol. The lowest BCUT2D eigenvalue weighted by molar-refractivity contribution is 0.102.